The second-order valence-electron chi connectivity index (χ2n) is 4.16. The van der Waals surface area contributed by atoms with Crippen molar-refractivity contribution in [1.29, 1.82) is 0 Å². The molecule has 0 bridgehead atoms. The zero-order valence-electron chi connectivity index (χ0n) is 10.7. The van der Waals surface area contributed by atoms with Gasteiger partial charge >= 0.3 is 0 Å². The molecule has 1 aromatic carbocycles. The van der Waals surface area contributed by atoms with Gasteiger partial charge in [0.2, 0.25) is 0 Å². The second kappa shape index (κ2) is 6.49. The molecule has 0 spiro atoms. The van der Waals surface area contributed by atoms with Crippen LogP contribution in [0, 0.1) is 0 Å². The molecule has 0 amide bonds. The van der Waals surface area contributed by atoms with Gasteiger partial charge < -0.3 is 10.5 Å². The van der Waals surface area contributed by atoms with Crippen molar-refractivity contribution in [2.75, 3.05) is 19.5 Å². The first-order chi connectivity index (χ1) is 9.22. The van der Waals surface area contributed by atoms with Gasteiger partial charge in [0, 0.05) is 25.8 Å². The Kier molecular flexibility index (Phi) is 4.70. The van der Waals surface area contributed by atoms with Crippen molar-refractivity contribution in [3.63, 3.8) is 0 Å². The Bertz CT molecular complexity index is 543. The van der Waals surface area contributed by atoms with Crippen molar-refractivity contribution >= 4 is 17.3 Å². The van der Waals surface area contributed by atoms with E-state index in [0.29, 0.717) is 16.5 Å². The first-order valence-corrected chi connectivity index (χ1v) is 6.40. The fraction of sp³-hybridized carbons (Fsp3) is 0.417. The lowest BCUT2D eigenvalue weighted by Gasteiger charge is -2.06. The number of hydrogen-bond donors (Lipinski definition) is 1. The zero-order valence-corrected chi connectivity index (χ0v) is 11.5. The first kappa shape index (κ1) is 13.8. The molecule has 2 rings (SSSR count). The SMILES string of the molecule is COCCCCn1nnnc1-c1ccc(Cl)c(N)c1. The van der Waals surface area contributed by atoms with E-state index >= 15 is 0 Å². The zero-order chi connectivity index (χ0) is 13.7. The molecule has 0 aliphatic heterocycles. The van der Waals surface area contributed by atoms with Crippen molar-refractivity contribution in [1.82, 2.24) is 20.2 Å². The van der Waals surface area contributed by atoms with Crippen molar-refractivity contribution in [3.8, 4) is 11.4 Å². The number of unbranched alkanes of at least 4 members (excludes halogenated alkanes) is 1. The molecule has 7 heteroatoms. The fourth-order valence-corrected chi connectivity index (χ4v) is 1.87. The molecule has 102 valence electrons. The van der Waals surface area contributed by atoms with Gasteiger partial charge in [-0.1, -0.05) is 11.6 Å². The largest absolute Gasteiger partial charge is 0.398 e. The molecule has 0 saturated carbocycles. The Morgan fingerprint density at radius 1 is 1.37 bits per heavy atom. The third-order valence-electron chi connectivity index (χ3n) is 2.75. The van der Waals surface area contributed by atoms with E-state index in [1.54, 1.807) is 23.9 Å². The highest BCUT2D eigenvalue weighted by Gasteiger charge is 2.09. The highest BCUT2D eigenvalue weighted by molar-refractivity contribution is 6.33. The summed E-state index contributed by atoms with van der Waals surface area (Å²) in [4.78, 5) is 0. The summed E-state index contributed by atoms with van der Waals surface area (Å²) in [7, 11) is 1.69. The average Bonchev–Trinajstić information content (AvgIpc) is 2.86. The summed E-state index contributed by atoms with van der Waals surface area (Å²) in [5.41, 5.74) is 7.17. The topological polar surface area (TPSA) is 78.8 Å². The van der Waals surface area contributed by atoms with Crippen LogP contribution >= 0.6 is 11.6 Å². The normalized spacial score (nSPS) is 10.8. The maximum Gasteiger partial charge on any atom is 0.182 e. The summed E-state index contributed by atoms with van der Waals surface area (Å²) in [6.45, 7) is 1.49. The number of aromatic nitrogens is 4. The summed E-state index contributed by atoms with van der Waals surface area (Å²) >= 11 is 5.90. The number of halogens is 1. The molecular weight excluding hydrogens is 266 g/mol. The number of tetrazole rings is 1. The van der Waals surface area contributed by atoms with Gasteiger partial charge in [0.1, 0.15) is 0 Å². The van der Waals surface area contributed by atoms with E-state index in [9.17, 15) is 0 Å². The van der Waals surface area contributed by atoms with Crippen molar-refractivity contribution in [3.05, 3.63) is 23.2 Å². The van der Waals surface area contributed by atoms with Gasteiger partial charge in [0.05, 0.1) is 10.7 Å². The molecule has 1 aromatic heterocycles. The minimum atomic E-state index is 0.521. The maximum absolute atomic E-state index is 5.90. The lowest BCUT2D eigenvalue weighted by molar-refractivity contribution is 0.191. The smallest absolute Gasteiger partial charge is 0.182 e. The van der Waals surface area contributed by atoms with Crippen LogP contribution in [0.2, 0.25) is 5.02 Å². The molecule has 0 atom stereocenters. The fourth-order valence-electron chi connectivity index (χ4n) is 1.75. The van der Waals surface area contributed by atoms with Crippen LogP contribution in [0.4, 0.5) is 5.69 Å². The highest BCUT2D eigenvalue weighted by Crippen LogP contribution is 2.25. The van der Waals surface area contributed by atoms with Crippen LogP contribution in [0.1, 0.15) is 12.8 Å². The lowest BCUT2D eigenvalue weighted by Crippen LogP contribution is -2.04. The highest BCUT2D eigenvalue weighted by atomic mass is 35.5. The van der Waals surface area contributed by atoms with Gasteiger partial charge in [-0.15, -0.1) is 5.10 Å². The second-order valence-corrected chi connectivity index (χ2v) is 4.57. The quantitative estimate of drug-likeness (QED) is 0.647. The van der Waals surface area contributed by atoms with Crippen LogP contribution < -0.4 is 5.73 Å². The molecule has 19 heavy (non-hydrogen) atoms. The maximum atomic E-state index is 5.90. The number of nitrogens with two attached hydrogens (primary N) is 1. The minimum Gasteiger partial charge on any atom is -0.398 e. The number of hydrogen-bond acceptors (Lipinski definition) is 5. The molecule has 0 saturated heterocycles. The van der Waals surface area contributed by atoms with Gasteiger partial charge in [0.15, 0.2) is 5.82 Å². The number of nitrogens with zero attached hydrogens (tertiary/aromatic N) is 4. The molecule has 0 radical (unpaired) electrons. The molecule has 6 nitrogen and oxygen atoms in total. The Morgan fingerprint density at radius 2 is 2.21 bits per heavy atom. The standard InChI is InChI=1S/C12H16ClN5O/c1-19-7-3-2-6-18-12(15-16-17-18)9-4-5-10(13)11(14)8-9/h4-5,8H,2-3,6-7,14H2,1H3. The molecule has 0 fully saturated rings. The van der Waals surface area contributed by atoms with Crippen LogP contribution in [0.15, 0.2) is 18.2 Å². The van der Waals surface area contributed by atoms with Gasteiger partial charge in [-0.25, -0.2) is 4.68 Å². The summed E-state index contributed by atoms with van der Waals surface area (Å²) in [6, 6.07) is 5.38. The van der Waals surface area contributed by atoms with Crippen LogP contribution in [-0.4, -0.2) is 33.9 Å². The Hall–Kier alpha value is -1.66. The predicted molar refractivity (Wildman–Crippen MR) is 73.8 cm³/mol. The van der Waals surface area contributed by atoms with Gasteiger partial charge in [0.25, 0.3) is 0 Å². The van der Waals surface area contributed by atoms with Crippen molar-refractivity contribution in [2.45, 2.75) is 19.4 Å². The third-order valence-corrected chi connectivity index (χ3v) is 3.10. The van der Waals surface area contributed by atoms with Crippen LogP contribution in [0.25, 0.3) is 11.4 Å². The Balaban J connectivity index is 2.12. The summed E-state index contributed by atoms with van der Waals surface area (Å²) in [5, 5.41) is 12.2. The van der Waals surface area contributed by atoms with Gasteiger partial charge in [-0.3, -0.25) is 0 Å². The number of anilines is 1. The summed E-state index contributed by atoms with van der Waals surface area (Å²) in [6.07, 6.45) is 1.92. The van der Waals surface area contributed by atoms with E-state index in [0.717, 1.165) is 31.6 Å². The number of methoxy groups -OCH3 is 1. The Morgan fingerprint density at radius 3 is 2.95 bits per heavy atom. The predicted octanol–water partition coefficient (Wildman–Crippen LogP) is 2.00. The van der Waals surface area contributed by atoms with Gasteiger partial charge in [-0.05, 0) is 41.5 Å². The summed E-state index contributed by atoms with van der Waals surface area (Å²) < 4.78 is 6.78. The molecule has 0 unspecified atom stereocenters. The van der Waals surface area contributed by atoms with Crippen molar-refractivity contribution in [2.24, 2.45) is 0 Å². The number of nitrogen functional groups attached to an aromatic ring is 1. The Labute approximate surface area is 116 Å². The van der Waals surface area contributed by atoms with E-state index in [2.05, 4.69) is 15.5 Å². The number of rotatable bonds is 6. The monoisotopic (exact) mass is 281 g/mol. The molecule has 1 heterocycles. The molecule has 2 N–H and O–H groups in total. The average molecular weight is 282 g/mol. The molecule has 0 aliphatic rings. The molecule has 2 aromatic rings. The first-order valence-electron chi connectivity index (χ1n) is 6.03. The minimum absolute atomic E-state index is 0.521. The van der Waals surface area contributed by atoms with Crippen LogP contribution in [0.5, 0.6) is 0 Å². The number of ether oxygens (including phenoxy) is 1. The van der Waals surface area contributed by atoms with E-state index < -0.39 is 0 Å². The van der Waals surface area contributed by atoms with Crippen LogP contribution in [-0.2, 0) is 11.3 Å². The number of aryl methyl sites for hydroxylation is 1. The van der Waals surface area contributed by atoms with Gasteiger partial charge in [-0.2, -0.15) is 0 Å². The number of benzene rings is 1. The van der Waals surface area contributed by atoms with E-state index in [1.165, 1.54) is 0 Å². The lowest BCUT2D eigenvalue weighted by atomic mass is 10.2. The third kappa shape index (κ3) is 3.42. The van der Waals surface area contributed by atoms with E-state index in [4.69, 9.17) is 22.1 Å². The van der Waals surface area contributed by atoms with E-state index in [-0.39, 0.29) is 0 Å². The van der Waals surface area contributed by atoms with Crippen LogP contribution in [0.3, 0.4) is 0 Å². The summed E-state index contributed by atoms with van der Waals surface area (Å²) in [5.74, 6) is 0.695. The molecule has 0 aliphatic carbocycles. The molecular formula is C12H16ClN5O. The van der Waals surface area contributed by atoms with Crippen molar-refractivity contribution < 1.29 is 4.74 Å². The van der Waals surface area contributed by atoms with E-state index in [1.807, 2.05) is 6.07 Å².